The maximum atomic E-state index is 12.2. The van der Waals surface area contributed by atoms with Crippen LogP contribution in [0.5, 0.6) is 0 Å². The van der Waals surface area contributed by atoms with E-state index in [1.807, 2.05) is 34.6 Å². The lowest BCUT2D eigenvalue weighted by molar-refractivity contribution is -0.139. The molecule has 94 valence electrons. The highest BCUT2D eigenvalue weighted by Gasteiger charge is 2.35. The molecule has 0 heterocycles. The van der Waals surface area contributed by atoms with Gasteiger partial charge in [0.1, 0.15) is 11.6 Å². The van der Waals surface area contributed by atoms with E-state index in [1.54, 1.807) is 0 Å². The number of carbonyl (C=O) groups excluding carboxylic acids is 2. The number of rotatable bonds is 5. The maximum absolute atomic E-state index is 12.2. The van der Waals surface area contributed by atoms with Gasteiger partial charge in [-0.05, 0) is 12.3 Å². The van der Waals surface area contributed by atoms with E-state index in [4.69, 9.17) is 0 Å². The molecule has 0 radical (unpaired) electrons. The molecule has 2 heteroatoms. The van der Waals surface area contributed by atoms with Gasteiger partial charge in [0.15, 0.2) is 0 Å². The third kappa shape index (κ3) is 4.46. The van der Waals surface area contributed by atoms with E-state index in [1.165, 1.54) is 0 Å². The molecule has 0 aliphatic carbocycles. The first-order valence-corrected chi connectivity index (χ1v) is 6.15. The second-order valence-corrected chi connectivity index (χ2v) is 6.35. The van der Waals surface area contributed by atoms with E-state index in [2.05, 4.69) is 13.8 Å². The third-order valence-corrected chi connectivity index (χ3v) is 2.68. The lowest BCUT2D eigenvalue weighted by atomic mass is 9.76. The summed E-state index contributed by atoms with van der Waals surface area (Å²) in [6.07, 6.45) is 0.674. The van der Waals surface area contributed by atoms with Gasteiger partial charge in [-0.1, -0.05) is 48.5 Å². The summed E-state index contributed by atoms with van der Waals surface area (Å²) in [4.78, 5) is 24.3. The van der Waals surface area contributed by atoms with Crippen molar-refractivity contribution in [1.82, 2.24) is 0 Å². The quantitative estimate of drug-likeness (QED) is 0.672. The van der Waals surface area contributed by atoms with E-state index in [9.17, 15) is 9.59 Å². The van der Waals surface area contributed by atoms with Gasteiger partial charge in [0.2, 0.25) is 0 Å². The average molecular weight is 226 g/mol. The molecule has 0 aromatic carbocycles. The summed E-state index contributed by atoms with van der Waals surface area (Å²) in [6, 6.07) is 0. The van der Waals surface area contributed by atoms with Crippen LogP contribution in [0.25, 0.3) is 0 Å². The highest BCUT2D eigenvalue weighted by molar-refractivity contribution is 6.05. The predicted octanol–water partition coefficient (Wildman–Crippen LogP) is 3.49. The predicted molar refractivity (Wildman–Crippen MR) is 67.3 cm³/mol. The lowest BCUT2D eigenvalue weighted by Crippen LogP contribution is -2.36. The van der Waals surface area contributed by atoms with Crippen LogP contribution in [0.1, 0.15) is 54.9 Å². The van der Waals surface area contributed by atoms with Gasteiger partial charge in [-0.25, -0.2) is 0 Å². The fourth-order valence-corrected chi connectivity index (χ4v) is 1.75. The Labute approximate surface area is 99.8 Å². The van der Waals surface area contributed by atoms with E-state index in [0.717, 1.165) is 0 Å². The molecule has 0 aromatic rings. The highest BCUT2D eigenvalue weighted by Crippen LogP contribution is 2.27. The minimum absolute atomic E-state index is 0.0601. The second-order valence-electron chi connectivity index (χ2n) is 6.35. The monoisotopic (exact) mass is 226 g/mol. The van der Waals surface area contributed by atoms with Crippen molar-refractivity contribution < 1.29 is 9.59 Å². The molecule has 1 unspecified atom stereocenters. The largest absolute Gasteiger partial charge is 0.299 e. The first-order chi connectivity index (χ1) is 7.07. The van der Waals surface area contributed by atoms with E-state index in [-0.39, 0.29) is 17.5 Å². The molecule has 0 fully saturated rings. The topological polar surface area (TPSA) is 34.1 Å². The van der Waals surface area contributed by atoms with Gasteiger partial charge in [-0.2, -0.15) is 0 Å². The average Bonchev–Trinajstić information content (AvgIpc) is 2.09. The summed E-state index contributed by atoms with van der Waals surface area (Å²) in [5.74, 6) is 0.0718. The molecule has 0 aliphatic heterocycles. The van der Waals surface area contributed by atoms with Gasteiger partial charge in [0.05, 0.1) is 5.92 Å². The molecule has 16 heavy (non-hydrogen) atoms. The van der Waals surface area contributed by atoms with Crippen LogP contribution in [0, 0.1) is 23.2 Å². The fourth-order valence-electron chi connectivity index (χ4n) is 1.75. The number of ketones is 2. The van der Waals surface area contributed by atoms with Crippen LogP contribution >= 0.6 is 0 Å². The molecule has 2 nitrogen and oxygen atoms in total. The lowest BCUT2D eigenvalue weighted by Gasteiger charge is -2.26. The van der Waals surface area contributed by atoms with Gasteiger partial charge >= 0.3 is 0 Å². The van der Waals surface area contributed by atoms with Crippen molar-refractivity contribution in [1.29, 1.82) is 0 Å². The van der Waals surface area contributed by atoms with Crippen LogP contribution in [0.3, 0.4) is 0 Å². The molecule has 0 aliphatic rings. The first-order valence-electron chi connectivity index (χ1n) is 6.15. The molecule has 0 rings (SSSR count). The Morgan fingerprint density at radius 2 is 1.44 bits per heavy atom. The van der Waals surface area contributed by atoms with E-state index < -0.39 is 11.3 Å². The number of hydrogen-bond donors (Lipinski definition) is 0. The highest BCUT2D eigenvalue weighted by atomic mass is 16.2. The van der Waals surface area contributed by atoms with E-state index in [0.29, 0.717) is 12.3 Å². The Bertz CT molecular complexity index is 256. The molecule has 0 saturated heterocycles. The van der Waals surface area contributed by atoms with Gasteiger partial charge in [-0.3, -0.25) is 9.59 Å². The summed E-state index contributed by atoms with van der Waals surface area (Å²) in [5, 5.41) is 0. The molecule has 0 spiro atoms. The Balaban J connectivity index is 4.95. The molecule has 0 aromatic heterocycles. The van der Waals surface area contributed by atoms with Crippen LogP contribution in [0.4, 0.5) is 0 Å². The van der Waals surface area contributed by atoms with Gasteiger partial charge < -0.3 is 0 Å². The Morgan fingerprint density at radius 1 is 1.00 bits per heavy atom. The van der Waals surface area contributed by atoms with Gasteiger partial charge in [-0.15, -0.1) is 0 Å². The zero-order chi connectivity index (χ0) is 13.1. The van der Waals surface area contributed by atoms with Crippen molar-refractivity contribution in [3.05, 3.63) is 0 Å². The number of carbonyl (C=O) groups is 2. The molecular formula is C14H26O2. The minimum atomic E-state index is -0.426. The van der Waals surface area contributed by atoms with Crippen LogP contribution in [0.2, 0.25) is 0 Å². The van der Waals surface area contributed by atoms with Crippen molar-refractivity contribution in [2.24, 2.45) is 23.2 Å². The molecule has 0 amide bonds. The molecule has 1 atom stereocenters. The van der Waals surface area contributed by atoms with Crippen LogP contribution in [-0.2, 0) is 9.59 Å². The Morgan fingerprint density at radius 3 is 1.69 bits per heavy atom. The van der Waals surface area contributed by atoms with Crippen molar-refractivity contribution in [3.8, 4) is 0 Å². The van der Waals surface area contributed by atoms with Gasteiger partial charge in [0.25, 0.3) is 0 Å². The maximum Gasteiger partial charge on any atom is 0.148 e. The van der Waals surface area contributed by atoms with E-state index >= 15 is 0 Å². The van der Waals surface area contributed by atoms with Gasteiger partial charge in [0, 0.05) is 11.3 Å². The van der Waals surface area contributed by atoms with Crippen molar-refractivity contribution in [2.75, 3.05) is 0 Å². The van der Waals surface area contributed by atoms with Crippen molar-refractivity contribution >= 4 is 11.6 Å². The standard InChI is InChI=1S/C14H26O2/c1-9(2)8-11(12(15)10(3)4)13(16)14(5,6)7/h9-11H,8H2,1-7H3. The summed E-state index contributed by atoms with van der Waals surface area (Å²) < 4.78 is 0. The SMILES string of the molecule is CC(C)CC(C(=O)C(C)C)C(=O)C(C)(C)C. The summed E-state index contributed by atoms with van der Waals surface area (Å²) in [5.41, 5.74) is -0.426. The number of hydrogen-bond acceptors (Lipinski definition) is 2. The zero-order valence-electron chi connectivity index (χ0n) is 11.8. The van der Waals surface area contributed by atoms with Crippen LogP contribution in [0.15, 0.2) is 0 Å². The zero-order valence-corrected chi connectivity index (χ0v) is 11.8. The first kappa shape index (κ1) is 15.3. The summed E-state index contributed by atoms with van der Waals surface area (Å²) in [6.45, 7) is 13.5. The smallest absolute Gasteiger partial charge is 0.148 e. The van der Waals surface area contributed by atoms with Crippen LogP contribution < -0.4 is 0 Å². The normalized spacial score (nSPS) is 14.3. The third-order valence-electron chi connectivity index (χ3n) is 2.68. The minimum Gasteiger partial charge on any atom is -0.299 e. The van der Waals surface area contributed by atoms with Crippen molar-refractivity contribution in [2.45, 2.75) is 54.9 Å². The molecule has 0 N–H and O–H groups in total. The summed E-state index contributed by atoms with van der Waals surface area (Å²) in [7, 11) is 0. The number of Topliss-reactive ketones (excluding diaryl/α,β-unsaturated/α-hetero) is 2. The molecule has 0 saturated carbocycles. The Kier molecular flexibility index (Phi) is 5.37. The summed E-state index contributed by atoms with van der Waals surface area (Å²) >= 11 is 0. The van der Waals surface area contributed by atoms with Crippen molar-refractivity contribution in [3.63, 3.8) is 0 Å². The fraction of sp³-hybridized carbons (Fsp3) is 0.857. The second kappa shape index (κ2) is 5.60. The molecule has 0 bridgehead atoms. The van der Waals surface area contributed by atoms with Crippen LogP contribution in [-0.4, -0.2) is 11.6 Å². The Hall–Kier alpha value is -0.660. The molecular weight excluding hydrogens is 200 g/mol.